The molecule has 1 heterocycles. The summed E-state index contributed by atoms with van der Waals surface area (Å²) in [5.74, 6) is -0.964. The second-order valence-electron chi connectivity index (χ2n) is 6.39. The lowest BCUT2D eigenvalue weighted by atomic mass is 9.71. The highest BCUT2D eigenvalue weighted by Crippen LogP contribution is 2.40. The van der Waals surface area contributed by atoms with Gasteiger partial charge in [-0.3, -0.25) is 9.59 Å². The molecule has 1 atom stereocenters. The van der Waals surface area contributed by atoms with Crippen molar-refractivity contribution in [3.63, 3.8) is 0 Å². The van der Waals surface area contributed by atoms with Gasteiger partial charge < -0.3 is 15.1 Å². The van der Waals surface area contributed by atoms with Crippen molar-refractivity contribution >= 4 is 11.9 Å². The molecule has 1 unspecified atom stereocenters. The molecule has 5 nitrogen and oxygen atoms in total. The molecule has 0 aromatic rings. The third-order valence-corrected chi connectivity index (χ3v) is 4.56. The summed E-state index contributed by atoms with van der Waals surface area (Å²) in [7, 11) is 0. The number of hydrogen-bond donors (Lipinski definition) is 2. The summed E-state index contributed by atoms with van der Waals surface area (Å²) in [6.45, 7) is 2.57. The smallest absolute Gasteiger partial charge is 0.310 e. The van der Waals surface area contributed by atoms with Crippen molar-refractivity contribution in [1.82, 2.24) is 4.90 Å². The van der Waals surface area contributed by atoms with Crippen molar-refractivity contribution < 1.29 is 19.8 Å². The zero-order valence-corrected chi connectivity index (χ0v) is 11.5. The Labute approximate surface area is 113 Å². The van der Waals surface area contributed by atoms with Crippen LogP contribution in [0.4, 0.5) is 0 Å². The molecule has 0 spiro atoms. The van der Waals surface area contributed by atoms with E-state index in [4.69, 9.17) is 0 Å². The Bertz CT molecular complexity index is 372. The first kappa shape index (κ1) is 14.3. The van der Waals surface area contributed by atoms with Gasteiger partial charge in [0.15, 0.2) is 0 Å². The first-order valence-corrected chi connectivity index (χ1v) is 7.08. The first-order valence-electron chi connectivity index (χ1n) is 7.08. The van der Waals surface area contributed by atoms with E-state index >= 15 is 0 Å². The lowest BCUT2D eigenvalue weighted by Crippen LogP contribution is -2.41. The zero-order chi connectivity index (χ0) is 14.1. The number of hydrogen-bond acceptors (Lipinski definition) is 3. The molecule has 0 radical (unpaired) electrons. The fourth-order valence-electron chi connectivity index (χ4n) is 3.25. The lowest BCUT2D eigenvalue weighted by molar-refractivity contribution is -0.156. The van der Waals surface area contributed by atoms with E-state index in [-0.39, 0.29) is 12.3 Å². The molecule has 0 aromatic carbocycles. The van der Waals surface area contributed by atoms with Crippen LogP contribution in [0, 0.1) is 5.41 Å². The van der Waals surface area contributed by atoms with Crippen LogP contribution in [0.2, 0.25) is 0 Å². The standard InChI is InChI=1S/C14H23NO4/c1-13(19)7-8-15(10-13)11(16)9-14(12(17)18)5-3-2-4-6-14/h19H,2-10H2,1H3,(H,17,18). The van der Waals surface area contributed by atoms with Gasteiger partial charge in [-0.1, -0.05) is 19.3 Å². The third-order valence-electron chi connectivity index (χ3n) is 4.56. The van der Waals surface area contributed by atoms with Gasteiger partial charge in [-0.2, -0.15) is 0 Å². The average molecular weight is 269 g/mol. The normalized spacial score (nSPS) is 30.3. The maximum Gasteiger partial charge on any atom is 0.310 e. The molecule has 0 aromatic heterocycles. The number of β-amino-alcohol motifs (C(OH)–C–C–N with tert-alkyl or cyclic N) is 1. The molecule has 2 N–H and O–H groups in total. The SMILES string of the molecule is CC1(O)CCN(C(=O)CC2(C(=O)O)CCCCC2)C1. The number of carbonyl (C=O) groups excluding carboxylic acids is 1. The lowest BCUT2D eigenvalue weighted by Gasteiger charge is -2.34. The molecule has 0 bridgehead atoms. The third kappa shape index (κ3) is 3.08. The van der Waals surface area contributed by atoms with Crippen molar-refractivity contribution in [3.8, 4) is 0 Å². The van der Waals surface area contributed by atoms with Gasteiger partial charge in [0.05, 0.1) is 11.0 Å². The Hall–Kier alpha value is -1.10. The van der Waals surface area contributed by atoms with Crippen LogP contribution in [0.1, 0.15) is 51.9 Å². The summed E-state index contributed by atoms with van der Waals surface area (Å²) >= 11 is 0. The summed E-state index contributed by atoms with van der Waals surface area (Å²) in [5.41, 5.74) is -1.69. The molecule has 2 aliphatic rings. The molecule has 1 aliphatic heterocycles. The topological polar surface area (TPSA) is 77.8 Å². The number of likely N-dealkylation sites (tertiary alicyclic amines) is 1. The molecule has 19 heavy (non-hydrogen) atoms. The fraction of sp³-hybridized carbons (Fsp3) is 0.857. The zero-order valence-electron chi connectivity index (χ0n) is 11.5. The van der Waals surface area contributed by atoms with Crippen molar-refractivity contribution in [2.75, 3.05) is 13.1 Å². The molecule has 2 fully saturated rings. The Kier molecular flexibility index (Phi) is 3.85. The summed E-state index contributed by atoms with van der Waals surface area (Å²) < 4.78 is 0. The van der Waals surface area contributed by atoms with Crippen LogP contribution in [-0.4, -0.2) is 45.7 Å². The molecule has 108 valence electrons. The Balaban J connectivity index is 2.02. The van der Waals surface area contributed by atoms with Gasteiger partial charge in [0, 0.05) is 19.5 Å². The number of nitrogens with zero attached hydrogens (tertiary/aromatic N) is 1. The monoisotopic (exact) mass is 269 g/mol. The molecule has 1 saturated carbocycles. The van der Waals surface area contributed by atoms with Crippen molar-refractivity contribution in [2.45, 2.75) is 57.5 Å². The van der Waals surface area contributed by atoms with Crippen molar-refractivity contribution in [1.29, 1.82) is 0 Å². The molecule has 5 heteroatoms. The van der Waals surface area contributed by atoms with E-state index in [2.05, 4.69) is 0 Å². The minimum Gasteiger partial charge on any atom is -0.481 e. The van der Waals surface area contributed by atoms with E-state index in [0.717, 1.165) is 19.3 Å². The summed E-state index contributed by atoms with van der Waals surface area (Å²) in [4.78, 5) is 25.4. The van der Waals surface area contributed by atoms with Crippen molar-refractivity contribution in [2.24, 2.45) is 5.41 Å². The largest absolute Gasteiger partial charge is 0.481 e. The number of rotatable bonds is 3. The summed E-state index contributed by atoms with van der Waals surface area (Å²) in [6.07, 6.45) is 4.67. The van der Waals surface area contributed by atoms with E-state index in [9.17, 15) is 19.8 Å². The van der Waals surface area contributed by atoms with Gasteiger partial charge in [0.25, 0.3) is 0 Å². The molecule has 1 amide bonds. The highest BCUT2D eigenvalue weighted by molar-refractivity contribution is 5.85. The quantitative estimate of drug-likeness (QED) is 0.811. The van der Waals surface area contributed by atoms with E-state index in [1.807, 2.05) is 0 Å². The number of aliphatic hydroxyl groups is 1. The van der Waals surface area contributed by atoms with Crippen molar-refractivity contribution in [3.05, 3.63) is 0 Å². The molecule has 1 aliphatic carbocycles. The number of carboxylic acids is 1. The van der Waals surface area contributed by atoms with Gasteiger partial charge in [0.1, 0.15) is 0 Å². The van der Waals surface area contributed by atoms with E-state index in [1.54, 1.807) is 11.8 Å². The van der Waals surface area contributed by atoms with Crippen LogP contribution >= 0.6 is 0 Å². The Morgan fingerprint density at radius 2 is 1.79 bits per heavy atom. The molecular formula is C14H23NO4. The minimum absolute atomic E-state index is 0.0818. The van der Waals surface area contributed by atoms with Crippen LogP contribution in [0.15, 0.2) is 0 Å². The van der Waals surface area contributed by atoms with Crippen LogP contribution < -0.4 is 0 Å². The minimum atomic E-state index is -0.871. The Morgan fingerprint density at radius 3 is 2.26 bits per heavy atom. The second kappa shape index (κ2) is 5.12. The van der Waals surface area contributed by atoms with Gasteiger partial charge in [0.2, 0.25) is 5.91 Å². The van der Waals surface area contributed by atoms with Crippen LogP contribution in [0.25, 0.3) is 0 Å². The number of amides is 1. The van der Waals surface area contributed by atoms with Gasteiger partial charge in [-0.15, -0.1) is 0 Å². The van der Waals surface area contributed by atoms with E-state index < -0.39 is 17.0 Å². The fourth-order valence-corrected chi connectivity index (χ4v) is 3.25. The highest BCUT2D eigenvalue weighted by atomic mass is 16.4. The molecule has 2 rings (SSSR count). The summed E-state index contributed by atoms with van der Waals surface area (Å²) in [6, 6.07) is 0. The van der Waals surface area contributed by atoms with E-state index in [1.165, 1.54) is 0 Å². The molecule has 1 saturated heterocycles. The molecular weight excluding hydrogens is 246 g/mol. The number of carboxylic acid groups (broad SMARTS) is 1. The average Bonchev–Trinajstić information content (AvgIpc) is 2.71. The van der Waals surface area contributed by atoms with Crippen LogP contribution in [0.5, 0.6) is 0 Å². The predicted octanol–water partition coefficient (Wildman–Crippen LogP) is 1.39. The maximum atomic E-state index is 12.3. The van der Waals surface area contributed by atoms with Crippen LogP contribution in [0.3, 0.4) is 0 Å². The van der Waals surface area contributed by atoms with Gasteiger partial charge in [-0.05, 0) is 26.2 Å². The predicted molar refractivity (Wildman–Crippen MR) is 69.6 cm³/mol. The Morgan fingerprint density at radius 1 is 1.16 bits per heavy atom. The maximum absolute atomic E-state index is 12.3. The van der Waals surface area contributed by atoms with Gasteiger partial charge in [-0.25, -0.2) is 0 Å². The van der Waals surface area contributed by atoms with E-state index in [0.29, 0.717) is 32.4 Å². The highest BCUT2D eigenvalue weighted by Gasteiger charge is 2.44. The second-order valence-corrected chi connectivity index (χ2v) is 6.39. The number of aliphatic carboxylic acids is 1. The first-order chi connectivity index (χ1) is 8.85. The summed E-state index contributed by atoms with van der Waals surface area (Å²) in [5, 5.41) is 19.3. The van der Waals surface area contributed by atoms with Gasteiger partial charge >= 0.3 is 5.97 Å². The number of carbonyl (C=O) groups is 2. The van der Waals surface area contributed by atoms with Crippen LogP contribution in [-0.2, 0) is 9.59 Å².